The van der Waals surface area contributed by atoms with Gasteiger partial charge in [0, 0.05) is 76.2 Å². The highest BCUT2D eigenvalue weighted by Crippen LogP contribution is 3.07. The second-order valence-corrected chi connectivity index (χ2v) is 29.0. The van der Waals surface area contributed by atoms with E-state index < -0.39 is 227 Å². The number of carbonyl (C=O) groups excluding carboxylic acids is 3. The Labute approximate surface area is 491 Å². The van der Waals surface area contributed by atoms with Gasteiger partial charge in [0.2, 0.25) is 11.2 Å². The lowest BCUT2D eigenvalue weighted by Crippen LogP contribution is -2.88. The SMILES string of the molecule is CC(=O)C1=C2C(C(=O)O)C3=CC(O)=CC4C(O)C5C6(C(=O)O)OC67C(C(=O)O)C6C(O)Cc8c(OC=O)cc9c%10c8[C@@]6(O)[C@@]68O[C@]6%11C6=C%12C(C2[C@]2(O[C@]342)[C@@]52O[C@]%122C78)[C@]23OC12C(O)=C(C(=O)O)C1=C3C62OC23C(=C2C9=C(OC=O)C=CC2[C@]2(C(=O)O)O[C@]32C1)C%10%11. The third kappa shape index (κ3) is 3.02. The first-order valence-corrected chi connectivity index (χ1v) is 29.4. The Balaban J connectivity index is 0.966. The maximum absolute atomic E-state index is 15.5. The summed E-state index contributed by atoms with van der Waals surface area (Å²) in [7, 11) is 0. The number of hydrogen-bond donors (Lipinski definition) is 10. The van der Waals surface area contributed by atoms with E-state index in [1.165, 1.54) is 24.3 Å². The van der Waals surface area contributed by atoms with E-state index in [4.69, 9.17) is 42.6 Å². The molecule has 0 radical (unpaired) electrons. The van der Waals surface area contributed by atoms with Crippen molar-refractivity contribution < 1.29 is 132 Å². The molecule has 11 spiro atoms. The van der Waals surface area contributed by atoms with Crippen molar-refractivity contribution in [3.8, 4) is 5.75 Å². The lowest BCUT2D eigenvalue weighted by atomic mass is 9.24. The van der Waals surface area contributed by atoms with Crippen LogP contribution >= 0.6 is 0 Å². The summed E-state index contributed by atoms with van der Waals surface area (Å²) < 4.78 is 64.6. The first kappa shape index (κ1) is 47.1. The lowest BCUT2D eigenvalue weighted by Gasteiger charge is -2.72. The average molecular weight is 1210 g/mol. The number of Topliss-reactive ketones (excluding diaryl/α,β-unsaturated/α-hetero) is 1. The molecule has 27 heteroatoms. The Hall–Kier alpha value is -7.96. The first-order chi connectivity index (χ1) is 42.4. The quantitative estimate of drug-likeness (QED) is 0.0709. The molecule has 25 rings (SSSR count). The minimum atomic E-state index is -2.97. The fourth-order valence-corrected chi connectivity index (χ4v) is 27.7. The molecule has 17 unspecified atom stereocenters. The Morgan fingerprint density at radius 2 is 1.52 bits per heavy atom. The van der Waals surface area contributed by atoms with Gasteiger partial charge >= 0.3 is 29.8 Å². The predicted molar refractivity (Wildman–Crippen MR) is 266 cm³/mol. The number of hydrogen-bond acceptors (Lipinski definition) is 22. The van der Waals surface area contributed by atoms with Gasteiger partial charge in [0.05, 0.1) is 30.0 Å². The number of carbonyl (C=O) groups is 8. The van der Waals surface area contributed by atoms with Crippen LogP contribution in [0.3, 0.4) is 0 Å². The monoisotopic (exact) mass is 1210 g/mol. The lowest BCUT2D eigenvalue weighted by molar-refractivity contribution is -0.242. The van der Waals surface area contributed by atoms with Gasteiger partial charge in [-0.05, 0) is 81.3 Å². The predicted octanol–water partition coefficient (Wildman–Crippen LogP) is -1.70. The van der Waals surface area contributed by atoms with Gasteiger partial charge in [-0.25, -0.2) is 14.4 Å². The minimum absolute atomic E-state index is 0.00383. The molecule has 446 valence electrons. The van der Waals surface area contributed by atoms with Gasteiger partial charge < -0.3 is 93.7 Å². The topological polar surface area (TPSA) is 445 Å². The molecule has 13 fully saturated rings. The van der Waals surface area contributed by atoms with Crippen LogP contribution in [0.2, 0.25) is 0 Å². The molecule has 10 N–H and O–H groups in total. The van der Waals surface area contributed by atoms with Crippen LogP contribution in [0.5, 0.6) is 5.75 Å². The van der Waals surface area contributed by atoms with Crippen molar-refractivity contribution in [2.24, 2.45) is 53.3 Å². The number of carboxylic acid groups (broad SMARTS) is 5. The van der Waals surface area contributed by atoms with Crippen molar-refractivity contribution in [1.82, 2.24) is 0 Å². The van der Waals surface area contributed by atoms with Gasteiger partial charge in [-0.1, -0.05) is 6.08 Å². The number of epoxide rings is 7. The highest BCUT2D eigenvalue weighted by atomic mass is 16.8. The highest BCUT2D eigenvalue weighted by Gasteiger charge is 3.23. The van der Waals surface area contributed by atoms with Gasteiger partial charge in [-0.3, -0.25) is 24.0 Å². The molecular formula is C62H36O27. The number of ether oxygens (including phenoxy) is 9. The highest BCUT2D eigenvalue weighted by molar-refractivity contribution is 6.10. The third-order valence-corrected chi connectivity index (χ3v) is 28.4. The Bertz CT molecular complexity index is 4840. The summed E-state index contributed by atoms with van der Waals surface area (Å²) in [5.74, 6) is -30.0. The molecule has 7 aliphatic heterocycles. The van der Waals surface area contributed by atoms with E-state index in [0.717, 1.165) is 13.0 Å². The summed E-state index contributed by atoms with van der Waals surface area (Å²) in [6, 6.07) is 1.40. The van der Waals surface area contributed by atoms with Crippen molar-refractivity contribution in [2.45, 2.75) is 122 Å². The number of allylic oxidation sites excluding steroid dienone is 3. The van der Waals surface area contributed by atoms with E-state index in [0.29, 0.717) is 0 Å². The molecule has 89 heavy (non-hydrogen) atoms. The fraction of sp³-hybridized carbons (Fsp3) is 0.484. The van der Waals surface area contributed by atoms with Gasteiger partial charge in [0.15, 0.2) is 28.2 Å². The summed E-state index contributed by atoms with van der Waals surface area (Å²) in [6.45, 7) is 1.27. The zero-order valence-electron chi connectivity index (χ0n) is 44.8. The molecule has 1 aromatic carbocycles. The molecule has 27 nitrogen and oxygen atoms in total. The van der Waals surface area contributed by atoms with Crippen molar-refractivity contribution in [2.75, 3.05) is 0 Å². The van der Waals surface area contributed by atoms with E-state index in [2.05, 4.69) is 0 Å². The summed E-state index contributed by atoms with van der Waals surface area (Å²) in [5.41, 5.74) is -39.2. The van der Waals surface area contributed by atoms with Crippen LogP contribution in [0.25, 0.3) is 5.57 Å². The Kier molecular flexibility index (Phi) is 5.94. The van der Waals surface area contributed by atoms with Crippen LogP contribution in [0.15, 0.2) is 103 Å². The average Bonchev–Trinajstić information content (AvgIpc) is 1.33. The molecule has 17 aliphatic carbocycles. The number of benzene rings is 1. The minimum Gasteiger partial charge on any atom is -0.508 e. The second-order valence-electron chi connectivity index (χ2n) is 29.0. The van der Waals surface area contributed by atoms with Crippen molar-refractivity contribution in [3.63, 3.8) is 0 Å². The molecule has 7 saturated heterocycles. The molecule has 1 aromatic rings. The molecule has 6 saturated carbocycles. The van der Waals surface area contributed by atoms with Gasteiger partial charge in [0.1, 0.15) is 84.9 Å². The third-order valence-electron chi connectivity index (χ3n) is 28.4. The van der Waals surface area contributed by atoms with E-state index in [-0.39, 0.29) is 96.9 Å². The summed E-state index contributed by atoms with van der Waals surface area (Å²) in [4.78, 5) is 116. The normalized spacial score (nSPS) is 58.9. The number of aliphatic carboxylic acids is 5. The fourth-order valence-electron chi connectivity index (χ4n) is 27.7. The van der Waals surface area contributed by atoms with Gasteiger partial charge in [-0.15, -0.1) is 0 Å². The van der Waals surface area contributed by atoms with E-state index in [1.807, 2.05) is 0 Å². The number of aliphatic hydroxyl groups is 5. The maximum atomic E-state index is 15.5. The Morgan fingerprint density at radius 3 is 2.21 bits per heavy atom. The summed E-state index contributed by atoms with van der Waals surface area (Å²) >= 11 is 0. The van der Waals surface area contributed by atoms with Crippen molar-refractivity contribution in [3.05, 3.63) is 126 Å². The summed E-state index contributed by atoms with van der Waals surface area (Å²) in [5, 5.41) is 129. The van der Waals surface area contributed by atoms with E-state index in [1.54, 1.807) is 0 Å². The molecule has 0 aromatic heterocycles. The van der Waals surface area contributed by atoms with Crippen LogP contribution in [0.1, 0.15) is 41.5 Å². The van der Waals surface area contributed by atoms with Crippen molar-refractivity contribution >= 4 is 54.1 Å². The molecule has 24 aliphatic rings. The zero-order valence-corrected chi connectivity index (χ0v) is 44.8. The van der Waals surface area contributed by atoms with Crippen LogP contribution in [0.4, 0.5) is 0 Å². The molecule has 7 heterocycles. The largest absolute Gasteiger partial charge is 0.508 e. The number of aliphatic hydroxyl groups excluding tert-OH is 4. The van der Waals surface area contributed by atoms with E-state index >= 15 is 19.5 Å². The van der Waals surface area contributed by atoms with Gasteiger partial charge in [-0.2, -0.15) is 0 Å². The van der Waals surface area contributed by atoms with Crippen LogP contribution in [-0.2, 0) is 88.3 Å². The maximum Gasteiger partial charge on any atom is 0.340 e. The number of fused-ring (bicyclic) bond motifs is 3. The number of rotatable bonds is 10. The van der Waals surface area contributed by atoms with Crippen LogP contribution < -0.4 is 4.74 Å². The van der Waals surface area contributed by atoms with Crippen molar-refractivity contribution in [1.29, 1.82) is 0 Å². The number of carboxylic acids is 5. The smallest absolute Gasteiger partial charge is 0.340 e. The van der Waals surface area contributed by atoms with Crippen LogP contribution in [0, 0.1) is 53.3 Å². The van der Waals surface area contributed by atoms with Gasteiger partial charge in [0.25, 0.3) is 12.9 Å². The molecular weight excluding hydrogens is 1180 g/mol. The zero-order chi connectivity index (χ0) is 60.6. The first-order valence-electron chi connectivity index (χ1n) is 29.4. The number of ketones is 1. The standard InChI is InChI=1S/C62H36O27/c1-11(65)28-27-26(43(72)73)17-4-12(66)5-18-37(68)40-58(47(78)79)55(85-58)36(44(74)75)30-19(67)6-13-21(82-10-64)7-14-22-20(81-9-63)3-2-16-25(22)32-31-23(14)29(13)49(30,80)62-45(55)56-35-34(33(27)60(50(17,18)86-60)61(40,56)88-56)52-38-15(24(42(70)71)41(69)54(28,52)84-52)8-48(51(16,83-48)46(76)77)59(32)57(38,89-59)39(35)53(31,62)87-62/h2-5,7,9-10,16,18-19,26,30-31,33-34,36-37,40,45,66-69,80H,6,8H2,1H3,(H,70,71)(H,72,73)(H,74,75)(H,76,77)(H,78,79)/t16?,18?,19?,26?,30?,31?,33?,34?,36?,37?,40?,45?,48-,49-,50+,51+,52+,53+,54?,55?,56-,57?,58?,59?,60+,61+,62+/m0/s1. The van der Waals surface area contributed by atoms with Crippen LogP contribution in [-0.4, -0.2) is 190 Å². The molecule has 27 atom stereocenters. The van der Waals surface area contributed by atoms with E-state index in [9.17, 15) is 69.9 Å². The Morgan fingerprint density at radius 1 is 0.775 bits per heavy atom. The second kappa shape index (κ2) is 11.2. The summed E-state index contributed by atoms with van der Waals surface area (Å²) in [6.07, 6.45) is -0.376. The molecule has 0 bridgehead atoms. The molecule has 0 amide bonds.